The third kappa shape index (κ3) is 7.61. The van der Waals surface area contributed by atoms with Crippen LogP contribution in [0.5, 0.6) is 0 Å². The lowest BCUT2D eigenvalue weighted by atomic mass is 10.2. The molecule has 6 nitrogen and oxygen atoms in total. The average molecular weight is 401 g/mol. The summed E-state index contributed by atoms with van der Waals surface area (Å²) in [6.07, 6.45) is 3.79. The number of benzene rings is 1. The molecule has 0 aliphatic carbocycles. The molecule has 1 aromatic rings. The van der Waals surface area contributed by atoms with Gasteiger partial charge in [-0.25, -0.2) is 0 Å². The summed E-state index contributed by atoms with van der Waals surface area (Å²) in [6, 6.07) is 11.4. The number of nitrogens with zero attached hydrogens (tertiary/aromatic N) is 4. The minimum absolute atomic E-state index is 0.548. The van der Waals surface area contributed by atoms with Gasteiger partial charge in [0.2, 0.25) is 0 Å². The van der Waals surface area contributed by atoms with Crippen molar-refractivity contribution < 1.29 is 0 Å². The summed E-state index contributed by atoms with van der Waals surface area (Å²) in [5.41, 5.74) is 1.40. The van der Waals surface area contributed by atoms with Crippen molar-refractivity contribution in [2.24, 2.45) is 4.99 Å². The summed E-state index contributed by atoms with van der Waals surface area (Å²) in [6.45, 7) is 12.9. The zero-order valence-corrected chi connectivity index (χ0v) is 18.4. The Kier molecular flexibility index (Phi) is 9.25. The predicted octanol–water partition coefficient (Wildman–Crippen LogP) is 1.84. The molecule has 6 heteroatoms. The highest BCUT2D eigenvalue weighted by Crippen LogP contribution is 2.20. The number of guanidine groups is 1. The van der Waals surface area contributed by atoms with E-state index < -0.39 is 0 Å². The Balaban J connectivity index is 1.45. The van der Waals surface area contributed by atoms with Gasteiger partial charge in [-0.3, -0.25) is 9.89 Å². The number of aliphatic imine (C=N–C) groups is 1. The molecule has 0 amide bonds. The van der Waals surface area contributed by atoms with Crippen LogP contribution in [0.15, 0.2) is 35.3 Å². The van der Waals surface area contributed by atoms with Crippen molar-refractivity contribution in [3.8, 4) is 0 Å². The van der Waals surface area contributed by atoms with Gasteiger partial charge in [0, 0.05) is 45.3 Å². The van der Waals surface area contributed by atoms with Gasteiger partial charge in [-0.1, -0.05) is 30.3 Å². The van der Waals surface area contributed by atoms with Gasteiger partial charge in [-0.15, -0.1) is 0 Å². The predicted molar refractivity (Wildman–Crippen MR) is 122 cm³/mol. The smallest absolute Gasteiger partial charge is 0.191 e. The molecule has 0 radical (unpaired) electrons. The highest BCUT2D eigenvalue weighted by molar-refractivity contribution is 5.79. The first-order valence-electron chi connectivity index (χ1n) is 11.5. The lowest BCUT2D eigenvalue weighted by Crippen LogP contribution is -2.43. The first kappa shape index (κ1) is 22.1. The molecular formula is C23H40N6. The molecule has 2 aliphatic rings. The Morgan fingerprint density at radius 3 is 2.72 bits per heavy atom. The highest BCUT2D eigenvalue weighted by atomic mass is 15.2. The maximum absolute atomic E-state index is 4.93. The van der Waals surface area contributed by atoms with Crippen LogP contribution in [0.2, 0.25) is 0 Å². The molecule has 0 spiro atoms. The van der Waals surface area contributed by atoms with E-state index in [0.29, 0.717) is 6.04 Å². The number of likely N-dealkylation sites (N-methyl/N-ethyl adjacent to an activating group) is 1. The quantitative estimate of drug-likeness (QED) is 0.515. The van der Waals surface area contributed by atoms with Crippen molar-refractivity contribution in [1.82, 2.24) is 25.3 Å². The second-order valence-electron chi connectivity index (χ2n) is 8.40. The number of rotatable bonds is 8. The van der Waals surface area contributed by atoms with E-state index in [1.807, 2.05) is 0 Å². The molecule has 2 aliphatic heterocycles. The van der Waals surface area contributed by atoms with Crippen molar-refractivity contribution in [2.45, 2.75) is 38.8 Å². The lowest BCUT2D eigenvalue weighted by Gasteiger charge is -2.24. The summed E-state index contributed by atoms with van der Waals surface area (Å²) in [5.74, 6) is 0.964. The van der Waals surface area contributed by atoms with Crippen LogP contribution in [-0.4, -0.2) is 92.7 Å². The molecule has 2 fully saturated rings. The van der Waals surface area contributed by atoms with Gasteiger partial charge in [0.25, 0.3) is 0 Å². The van der Waals surface area contributed by atoms with Crippen LogP contribution in [0.25, 0.3) is 0 Å². The zero-order chi connectivity index (χ0) is 20.3. The van der Waals surface area contributed by atoms with Crippen LogP contribution < -0.4 is 10.6 Å². The number of nitrogens with one attached hydrogen (secondary N) is 2. The summed E-state index contributed by atoms with van der Waals surface area (Å²) in [4.78, 5) is 12.5. The maximum atomic E-state index is 4.93. The van der Waals surface area contributed by atoms with Gasteiger partial charge in [0.15, 0.2) is 5.96 Å². The summed E-state index contributed by atoms with van der Waals surface area (Å²) >= 11 is 0. The monoisotopic (exact) mass is 400 g/mol. The minimum Gasteiger partial charge on any atom is -0.357 e. The topological polar surface area (TPSA) is 46.1 Å². The second kappa shape index (κ2) is 12.2. The third-order valence-electron chi connectivity index (χ3n) is 6.06. The average Bonchev–Trinajstić information content (AvgIpc) is 3.06. The Morgan fingerprint density at radius 1 is 1.03 bits per heavy atom. The van der Waals surface area contributed by atoms with Gasteiger partial charge in [0.1, 0.15) is 0 Å². The van der Waals surface area contributed by atoms with Crippen LogP contribution in [0.1, 0.15) is 31.7 Å². The molecule has 1 aromatic carbocycles. The van der Waals surface area contributed by atoms with Crippen molar-refractivity contribution >= 4 is 5.96 Å². The fourth-order valence-electron chi connectivity index (χ4n) is 4.32. The van der Waals surface area contributed by atoms with Gasteiger partial charge in [-0.2, -0.15) is 0 Å². The van der Waals surface area contributed by atoms with E-state index in [-0.39, 0.29) is 0 Å². The molecule has 0 aromatic heterocycles. The first-order valence-corrected chi connectivity index (χ1v) is 11.5. The Bertz CT molecular complexity index is 605. The number of hydrogen-bond acceptors (Lipinski definition) is 4. The standard InChI is InChI=1S/C23H40N6/c1-3-24-23(25-12-16-28-14-8-13-27(2)17-18-28)26-19-22-11-7-15-29(22)20-21-9-5-4-6-10-21/h4-6,9-10,22H,3,7-8,11-20H2,1-2H3,(H2,24,25,26). The van der Waals surface area contributed by atoms with E-state index in [2.05, 4.69) is 69.6 Å². The highest BCUT2D eigenvalue weighted by Gasteiger charge is 2.24. The van der Waals surface area contributed by atoms with Crippen molar-refractivity contribution in [1.29, 1.82) is 0 Å². The summed E-state index contributed by atoms with van der Waals surface area (Å²) < 4.78 is 0. The van der Waals surface area contributed by atoms with Gasteiger partial charge < -0.3 is 20.4 Å². The van der Waals surface area contributed by atoms with Gasteiger partial charge in [0.05, 0.1) is 6.54 Å². The molecule has 1 atom stereocenters. The molecule has 2 heterocycles. The SMILES string of the molecule is CCNC(=NCC1CCCN1Cc1ccccc1)NCCN1CCCN(C)CC1. The summed E-state index contributed by atoms with van der Waals surface area (Å²) in [7, 11) is 2.22. The Morgan fingerprint density at radius 2 is 1.90 bits per heavy atom. The number of hydrogen-bond donors (Lipinski definition) is 2. The minimum atomic E-state index is 0.548. The molecule has 0 saturated carbocycles. The molecule has 2 N–H and O–H groups in total. The fraction of sp³-hybridized carbons (Fsp3) is 0.696. The molecule has 29 heavy (non-hydrogen) atoms. The van der Waals surface area contributed by atoms with E-state index in [1.165, 1.54) is 57.5 Å². The fourth-order valence-corrected chi connectivity index (χ4v) is 4.32. The largest absolute Gasteiger partial charge is 0.357 e. The Hall–Kier alpha value is -1.63. The van der Waals surface area contributed by atoms with Crippen LogP contribution in [0, 0.1) is 0 Å². The summed E-state index contributed by atoms with van der Waals surface area (Å²) in [5, 5.41) is 6.98. The van der Waals surface area contributed by atoms with E-state index in [0.717, 1.165) is 38.7 Å². The van der Waals surface area contributed by atoms with E-state index in [9.17, 15) is 0 Å². The normalized spacial score (nSPS) is 22.6. The van der Waals surface area contributed by atoms with Crippen LogP contribution in [-0.2, 0) is 6.54 Å². The van der Waals surface area contributed by atoms with Crippen LogP contribution in [0.3, 0.4) is 0 Å². The molecule has 1 unspecified atom stereocenters. The molecule has 0 bridgehead atoms. The van der Waals surface area contributed by atoms with E-state index in [4.69, 9.17) is 4.99 Å². The van der Waals surface area contributed by atoms with E-state index >= 15 is 0 Å². The van der Waals surface area contributed by atoms with Crippen molar-refractivity contribution in [2.75, 3.05) is 66.0 Å². The second-order valence-corrected chi connectivity index (χ2v) is 8.40. The molecule has 2 saturated heterocycles. The molecule has 3 rings (SSSR count). The van der Waals surface area contributed by atoms with Gasteiger partial charge >= 0.3 is 0 Å². The zero-order valence-electron chi connectivity index (χ0n) is 18.4. The molecular weight excluding hydrogens is 360 g/mol. The first-order chi connectivity index (χ1) is 14.2. The van der Waals surface area contributed by atoms with Crippen LogP contribution in [0.4, 0.5) is 0 Å². The number of likely N-dealkylation sites (tertiary alicyclic amines) is 1. The maximum Gasteiger partial charge on any atom is 0.191 e. The van der Waals surface area contributed by atoms with Crippen molar-refractivity contribution in [3.05, 3.63) is 35.9 Å². The van der Waals surface area contributed by atoms with Gasteiger partial charge in [-0.05, 0) is 58.4 Å². The Labute approximate surface area is 177 Å². The third-order valence-corrected chi connectivity index (χ3v) is 6.06. The lowest BCUT2D eigenvalue weighted by molar-refractivity contribution is 0.250. The van der Waals surface area contributed by atoms with Crippen LogP contribution >= 0.6 is 0 Å². The van der Waals surface area contributed by atoms with E-state index in [1.54, 1.807) is 0 Å². The molecule has 162 valence electrons. The van der Waals surface area contributed by atoms with Crippen molar-refractivity contribution in [3.63, 3.8) is 0 Å².